The van der Waals surface area contributed by atoms with Crippen LogP contribution >= 0.6 is 0 Å². The van der Waals surface area contributed by atoms with Gasteiger partial charge in [0.2, 0.25) is 0 Å². The number of anilines is 1. The Hall–Kier alpha value is -3.02. The molecule has 2 heterocycles. The summed E-state index contributed by atoms with van der Waals surface area (Å²) in [7, 11) is 0. The SMILES string of the molecule is Cc1ncccc1C(=O)NCCCCCCCCNc1ncnc2ccccc12. The second kappa shape index (κ2) is 11.1. The second-order valence-corrected chi connectivity index (χ2v) is 7.18. The monoisotopic (exact) mass is 391 g/mol. The molecule has 6 nitrogen and oxygen atoms in total. The van der Waals surface area contributed by atoms with Crippen molar-refractivity contribution in [2.45, 2.75) is 45.4 Å². The predicted octanol–water partition coefficient (Wildman–Crippen LogP) is 4.52. The maximum atomic E-state index is 12.1. The summed E-state index contributed by atoms with van der Waals surface area (Å²) < 4.78 is 0. The quantitative estimate of drug-likeness (QED) is 0.470. The maximum Gasteiger partial charge on any atom is 0.253 e. The highest BCUT2D eigenvalue weighted by Crippen LogP contribution is 2.18. The Balaban J connectivity index is 1.23. The third-order valence-corrected chi connectivity index (χ3v) is 4.98. The van der Waals surface area contributed by atoms with E-state index in [1.165, 1.54) is 19.3 Å². The number of amides is 1. The fourth-order valence-electron chi connectivity index (χ4n) is 3.33. The summed E-state index contributed by atoms with van der Waals surface area (Å²) in [4.78, 5) is 24.9. The van der Waals surface area contributed by atoms with E-state index in [2.05, 4.69) is 25.6 Å². The first-order valence-corrected chi connectivity index (χ1v) is 10.4. The van der Waals surface area contributed by atoms with Gasteiger partial charge >= 0.3 is 0 Å². The number of carbonyl (C=O) groups is 1. The minimum atomic E-state index is -0.0288. The van der Waals surface area contributed by atoms with Crippen LogP contribution in [0.5, 0.6) is 0 Å². The molecule has 3 aromatic rings. The lowest BCUT2D eigenvalue weighted by atomic mass is 10.1. The molecular weight excluding hydrogens is 362 g/mol. The number of carbonyl (C=O) groups excluding carboxylic acids is 1. The molecule has 1 amide bonds. The lowest BCUT2D eigenvalue weighted by Gasteiger charge is -2.08. The number of aromatic nitrogens is 3. The van der Waals surface area contributed by atoms with Crippen LogP contribution in [0.4, 0.5) is 5.82 Å². The standard InChI is InChI=1S/C23H29N5O/c1-18-19(12-10-16-24-18)23(29)26-15-9-5-3-2-4-8-14-25-22-20-11-6-7-13-21(20)27-17-28-22/h6-7,10-13,16-17H,2-5,8-9,14-15H2,1H3,(H,26,29)(H,25,27,28). The topological polar surface area (TPSA) is 79.8 Å². The molecule has 29 heavy (non-hydrogen) atoms. The van der Waals surface area contributed by atoms with E-state index in [-0.39, 0.29) is 5.91 Å². The van der Waals surface area contributed by atoms with Gasteiger partial charge in [0.05, 0.1) is 11.1 Å². The zero-order chi connectivity index (χ0) is 20.3. The van der Waals surface area contributed by atoms with Crippen LogP contribution in [0.3, 0.4) is 0 Å². The minimum Gasteiger partial charge on any atom is -0.369 e. The number of para-hydroxylation sites is 1. The summed E-state index contributed by atoms with van der Waals surface area (Å²) >= 11 is 0. The molecule has 3 rings (SSSR count). The molecule has 0 aliphatic carbocycles. The maximum absolute atomic E-state index is 12.1. The molecule has 0 aliphatic heterocycles. The van der Waals surface area contributed by atoms with E-state index in [0.717, 1.165) is 54.8 Å². The molecule has 0 saturated carbocycles. The number of rotatable bonds is 11. The molecule has 0 fully saturated rings. The highest BCUT2D eigenvalue weighted by molar-refractivity contribution is 5.95. The summed E-state index contributed by atoms with van der Waals surface area (Å²) in [6.45, 7) is 3.49. The van der Waals surface area contributed by atoms with Crippen LogP contribution in [0, 0.1) is 6.92 Å². The van der Waals surface area contributed by atoms with Gasteiger partial charge in [-0.25, -0.2) is 9.97 Å². The molecule has 0 spiro atoms. The average Bonchev–Trinajstić information content (AvgIpc) is 2.75. The molecule has 0 saturated heterocycles. The van der Waals surface area contributed by atoms with Crippen molar-refractivity contribution in [2.75, 3.05) is 18.4 Å². The fourth-order valence-corrected chi connectivity index (χ4v) is 3.33. The molecule has 0 bridgehead atoms. The number of fused-ring (bicyclic) bond motifs is 1. The third-order valence-electron chi connectivity index (χ3n) is 4.98. The van der Waals surface area contributed by atoms with Crippen LogP contribution in [-0.4, -0.2) is 33.9 Å². The molecule has 152 valence electrons. The minimum absolute atomic E-state index is 0.0288. The summed E-state index contributed by atoms with van der Waals surface area (Å²) in [5, 5.41) is 7.48. The lowest BCUT2D eigenvalue weighted by Crippen LogP contribution is -2.25. The normalized spacial score (nSPS) is 10.8. The third kappa shape index (κ3) is 6.24. The number of pyridine rings is 1. The van der Waals surface area contributed by atoms with E-state index in [1.54, 1.807) is 18.6 Å². The first-order chi connectivity index (χ1) is 14.3. The highest BCUT2D eigenvalue weighted by atomic mass is 16.1. The van der Waals surface area contributed by atoms with Crippen molar-refractivity contribution in [3.8, 4) is 0 Å². The molecule has 1 aromatic carbocycles. The molecule has 2 aromatic heterocycles. The Kier molecular flexibility index (Phi) is 7.92. The predicted molar refractivity (Wildman–Crippen MR) is 117 cm³/mol. The van der Waals surface area contributed by atoms with Crippen LogP contribution in [0.25, 0.3) is 10.9 Å². The van der Waals surface area contributed by atoms with E-state index in [9.17, 15) is 4.79 Å². The largest absolute Gasteiger partial charge is 0.369 e. The Bertz CT molecular complexity index is 923. The van der Waals surface area contributed by atoms with Crippen LogP contribution in [0.15, 0.2) is 48.9 Å². The number of nitrogens with one attached hydrogen (secondary N) is 2. The van der Waals surface area contributed by atoms with Crippen molar-refractivity contribution in [1.29, 1.82) is 0 Å². The summed E-state index contributed by atoms with van der Waals surface area (Å²) in [5.74, 6) is 0.883. The molecule has 0 atom stereocenters. The van der Waals surface area contributed by atoms with Crippen molar-refractivity contribution in [3.63, 3.8) is 0 Å². The van der Waals surface area contributed by atoms with Gasteiger partial charge < -0.3 is 10.6 Å². The van der Waals surface area contributed by atoms with Gasteiger partial charge in [0, 0.05) is 30.4 Å². The van der Waals surface area contributed by atoms with Crippen LogP contribution in [0.1, 0.15) is 54.6 Å². The van der Waals surface area contributed by atoms with Gasteiger partial charge in [-0.15, -0.1) is 0 Å². The highest BCUT2D eigenvalue weighted by Gasteiger charge is 2.07. The molecule has 2 N–H and O–H groups in total. The molecule has 6 heteroatoms. The number of hydrogen-bond donors (Lipinski definition) is 2. The lowest BCUT2D eigenvalue weighted by molar-refractivity contribution is 0.0952. The van der Waals surface area contributed by atoms with Gasteiger partial charge in [0.1, 0.15) is 12.1 Å². The first kappa shape index (κ1) is 20.7. The Morgan fingerprint density at radius 3 is 2.45 bits per heavy atom. The van der Waals surface area contributed by atoms with Crippen LogP contribution in [-0.2, 0) is 0 Å². The molecule has 0 unspecified atom stereocenters. The van der Waals surface area contributed by atoms with Crippen LogP contribution < -0.4 is 10.6 Å². The van der Waals surface area contributed by atoms with Crippen molar-refractivity contribution in [3.05, 3.63) is 60.2 Å². The smallest absolute Gasteiger partial charge is 0.253 e. The first-order valence-electron chi connectivity index (χ1n) is 10.4. The number of benzene rings is 1. The molecule has 0 radical (unpaired) electrons. The van der Waals surface area contributed by atoms with Gasteiger partial charge in [-0.3, -0.25) is 9.78 Å². The Morgan fingerprint density at radius 1 is 0.862 bits per heavy atom. The van der Waals surface area contributed by atoms with E-state index in [1.807, 2.05) is 37.3 Å². The number of aryl methyl sites for hydroxylation is 1. The number of unbranched alkanes of at least 4 members (excludes halogenated alkanes) is 5. The summed E-state index contributed by atoms with van der Waals surface area (Å²) in [5.41, 5.74) is 2.40. The van der Waals surface area contributed by atoms with Gasteiger partial charge in [-0.1, -0.05) is 37.8 Å². The van der Waals surface area contributed by atoms with E-state index >= 15 is 0 Å². The Morgan fingerprint density at radius 2 is 1.62 bits per heavy atom. The van der Waals surface area contributed by atoms with Crippen molar-refractivity contribution < 1.29 is 4.79 Å². The Labute approximate surface area is 172 Å². The fraction of sp³-hybridized carbons (Fsp3) is 0.391. The van der Waals surface area contributed by atoms with E-state index in [0.29, 0.717) is 5.56 Å². The molecule has 0 aliphatic rings. The summed E-state index contributed by atoms with van der Waals surface area (Å²) in [6.07, 6.45) is 10.2. The average molecular weight is 392 g/mol. The number of hydrogen-bond acceptors (Lipinski definition) is 5. The zero-order valence-electron chi connectivity index (χ0n) is 17.0. The van der Waals surface area contributed by atoms with E-state index in [4.69, 9.17) is 0 Å². The van der Waals surface area contributed by atoms with Crippen LogP contribution in [0.2, 0.25) is 0 Å². The molecular formula is C23H29N5O. The second-order valence-electron chi connectivity index (χ2n) is 7.18. The van der Waals surface area contributed by atoms with Crippen molar-refractivity contribution in [1.82, 2.24) is 20.3 Å². The van der Waals surface area contributed by atoms with Crippen molar-refractivity contribution in [2.24, 2.45) is 0 Å². The van der Waals surface area contributed by atoms with E-state index < -0.39 is 0 Å². The summed E-state index contributed by atoms with van der Waals surface area (Å²) in [6, 6.07) is 11.7. The van der Waals surface area contributed by atoms with Gasteiger partial charge in [-0.05, 0) is 44.0 Å². The number of nitrogens with zero attached hydrogens (tertiary/aromatic N) is 3. The zero-order valence-corrected chi connectivity index (χ0v) is 17.0. The van der Waals surface area contributed by atoms with Gasteiger partial charge in [-0.2, -0.15) is 0 Å². The van der Waals surface area contributed by atoms with Gasteiger partial charge in [0.15, 0.2) is 0 Å². The van der Waals surface area contributed by atoms with Gasteiger partial charge in [0.25, 0.3) is 5.91 Å². The van der Waals surface area contributed by atoms with Crippen molar-refractivity contribution >= 4 is 22.6 Å².